The SMILES string of the molecule is CC/C=C\C/C=C\C/C=C\C=C\C(O)C/C=C\C/C=C\CCC(=O)OC(COC(=O)CCCCCCC/C=C\CCCCCC)COP(=O)(O)OCC[N+](C)(C)C. The molecule has 0 amide bonds. The number of nitrogens with zero attached hydrogens (tertiary/aromatic N) is 1. The van der Waals surface area contributed by atoms with Gasteiger partial charge < -0.3 is 24.0 Å². The average Bonchev–Trinajstić information content (AvgIpc) is 3.15. The van der Waals surface area contributed by atoms with E-state index in [9.17, 15) is 24.2 Å². The molecule has 0 aromatic rings. The van der Waals surface area contributed by atoms with E-state index in [-0.39, 0.29) is 26.1 Å². The van der Waals surface area contributed by atoms with Crippen molar-refractivity contribution in [1.29, 1.82) is 0 Å². The molecule has 0 radical (unpaired) electrons. The summed E-state index contributed by atoms with van der Waals surface area (Å²) in [6.45, 7) is 4.07. The van der Waals surface area contributed by atoms with Crippen molar-refractivity contribution in [2.75, 3.05) is 47.5 Å². The van der Waals surface area contributed by atoms with Gasteiger partial charge in [-0.3, -0.25) is 18.6 Å². The van der Waals surface area contributed by atoms with Crippen molar-refractivity contribution in [3.63, 3.8) is 0 Å². The van der Waals surface area contributed by atoms with Gasteiger partial charge in [0.1, 0.15) is 19.8 Å². The first-order valence-corrected chi connectivity index (χ1v) is 22.9. The average molecular weight is 821 g/mol. The highest BCUT2D eigenvalue weighted by molar-refractivity contribution is 7.47. The Hall–Kier alpha value is -2.85. The van der Waals surface area contributed by atoms with Crippen molar-refractivity contribution in [1.82, 2.24) is 0 Å². The molecule has 0 aliphatic carbocycles. The molecule has 3 unspecified atom stereocenters. The van der Waals surface area contributed by atoms with Crippen LogP contribution in [0.1, 0.15) is 136 Å². The number of unbranched alkanes of at least 4 members (excludes halogenated alkanes) is 9. The normalized spacial score (nSPS) is 15.0. The van der Waals surface area contributed by atoms with Crippen molar-refractivity contribution >= 4 is 19.8 Å². The van der Waals surface area contributed by atoms with Crippen LogP contribution in [0.3, 0.4) is 0 Å². The molecule has 0 aromatic heterocycles. The van der Waals surface area contributed by atoms with Crippen molar-refractivity contribution in [2.45, 2.75) is 148 Å². The number of rotatable bonds is 37. The zero-order chi connectivity index (χ0) is 42.3. The third-order valence-electron chi connectivity index (χ3n) is 8.50. The lowest BCUT2D eigenvalue weighted by Gasteiger charge is -2.24. The van der Waals surface area contributed by atoms with Crippen LogP contribution in [0.15, 0.2) is 85.1 Å². The summed E-state index contributed by atoms with van der Waals surface area (Å²) < 4.78 is 34.1. The Morgan fingerprint density at radius 1 is 0.649 bits per heavy atom. The zero-order valence-corrected chi connectivity index (χ0v) is 37.0. The van der Waals surface area contributed by atoms with Gasteiger partial charge in [0.05, 0.1) is 33.9 Å². The number of esters is 2. The fraction of sp³-hybridized carbons (Fsp3) is 0.652. The van der Waals surface area contributed by atoms with Gasteiger partial charge in [-0.25, -0.2) is 4.57 Å². The molecule has 326 valence electrons. The minimum absolute atomic E-state index is 0.000566. The van der Waals surface area contributed by atoms with E-state index in [1.54, 1.807) is 6.08 Å². The molecule has 57 heavy (non-hydrogen) atoms. The zero-order valence-electron chi connectivity index (χ0n) is 36.1. The Bertz CT molecular complexity index is 1260. The molecule has 0 spiro atoms. The summed E-state index contributed by atoms with van der Waals surface area (Å²) in [5.41, 5.74) is 0. The van der Waals surface area contributed by atoms with Gasteiger partial charge >= 0.3 is 19.8 Å². The van der Waals surface area contributed by atoms with Crippen molar-refractivity contribution in [3.8, 4) is 0 Å². The summed E-state index contributed by atoms with van der Waals surface area (Å²) in [7, 11) is 1.37. The quantitative estimate of drug-likeness (QED) is 0.0157. The second-order valence-corrected chi connectivity index (χ2v) is 16.6. The van der Waals surface area contributed by atoms with E-state index in [0.717, 1.165) is 57.8 Å². The molecule has 0 aliphatic heterocycles. The van der Waals surface area contributed by atoms with Crippen LogP contribution >= 0.6 is 7.82 Å². The van der Waals surface area contributed by atoms with E-state index in [0.29, 0.717) is 36.7 Å². The van der Waals surface area contributed by atoms with Gasteiger partial charge in [0.2, 0.25) is 0 Å². The molecule has 0 aromatic carbocycles. The molecular weight excluding hydrogens is 741 g/mol. The third kappa shape index (κ3) is 41.1. The summed E-state index contributed by atoms with van der Waals surface area (Å²) in [4.78, 5) is 35.3. The lowest BCUT2D eigenvalue weighted by molar-refractivity contribution is -0.870. The van der Waals surface area contributed by atoms with Crippen LogP contribution in [0.5, 0.6) is 0 Å². The number of aliphatic hydroxyl groups is 1. The number of carbonyl (C=O) groups is 2. The van der Waals surface area contributed by atoms with E-state index in [2.05, 4.69) is 50.3 Å². The number of hydrogen-bond donors (Lipinski definition) is 2. The largest absolute Gasteiger partial charge is 0.472 e. The molecule has 0 saturated heterocycles. The third-order valence-corrected chi connectivity index (χ3v) is 9.49. The fourth-order valence-corrected chi connectivity index (χ4v) is 5.86. The number of aliphatic hydroxyl groups excluding tert-OH is 1. The summed E-state index contributed by atoms with van der Waals surface area (Å²) in [6, 6.07) is 0. The van der Waals surface area contributed by atoms with Crippen LogP contribution in [0.25, 0.3) is 0 Å². The molecule has 0 fully saturated rings. The molecule has 10 nitrogen and oxygen atoms in total. The minimum Gasteiger partial charge on any atom is -0.462 e. The highest BCUT2D eigenvalue weighted by Crippen LogP contribution is 2.43. The standard InChI is InChI=1S/C46H78NO9P/c1-6-8-10-12-14-16-18-19-20-22-24-29-33-37-45(49)53-41-44(42-55-57(51,52)54-40-39-47(3,4)5)56-46(50)38-34-30-26-25-28-32-36-43(48)35-31-27-23-21-17-15-13-11-9-7-2/h9,11,15-18,23,26-28,30-32,35,43-44,48H,6-8,10,12-14,19-22,24-25,29,33-34,36-42H2,1-5H3/p+1/b11-9-,17-15-,18-16-,27-23-,30-26-,32-28-,35-31+. The van der Waals surface area contributed by atoms with Gasteiger partial charge in [-0.05, 0) is 70.6 Å². The number of phosphoric ester groups is 1. The Balaban J connectivity index is 4.62. The summed E-state index contributed by atoms with van der Waals surface area (Å²) in [6.07, 6.45) is 43.8. The number of likely N-dealkylation sites (N-methyl/N-ethyl adjacent to an activating group) is 1. The summed E-state index contributed by atoms with van der Waals surface area (Å²) in [5.74, 6) is -0.964. The van der Waals surface area contributed by atoms with Gasteiger partial charge in [-0.1, -0.05) is 137 Å². The van der Waals surface area contributed by atoms with E-state index >= 15 is 0 Å². The lowest BCUT2D eigenvalue weighted by Crippen LogP contribution is -2.37. The van der Waals surface area contributed by atoms with E-state index < -0.39 is 38.6 Å². The molecule has 2 N–H and O–H groups in total. The summed E-state index contributed by atoms with van der Waals surface area (Å²) in [5, 5.41) is 10.1. The van der Waals surface area contributed by atoms with Crippen LogP contribution in [-0.2, 0) is 32.7 Å². The maximum absolute atomic E-state index is 12.7. The molecule has 3 atom stereocenters. The first kappa shape index (κ1) is 54.2. The predicted octanol–water partition coefficient (Wildman–Crippen LogP) is 11.0. The second kappa shape index (κ2) is 37.4. The molecule has 0 rings (SSSR count). The number of hydrogen-bond acceptors (Lipinski definition) is 8. The van der Waals surface area contributed by atoms with Gasteiger partial charge in [0.15, 0.2) is 6.10 Å². The molecule has 0 heterocycles. The maximum atomic E-state index is 12.7. The number of quaternary nitrogens is 1. The maximum Gasteiger partial charge on any atom is 0.472 e. The van der Waals surface area contributed by atoms with Gasteiger partial charge in [-0.15, -0.1) is 0 Å². The van der Waals surface area contributed by atoms with Crippen LogP contribution in [-0.4, -0.2) is 86.1 Å². The molecular formula is C46H79NO9P+. The summed E-state index contributed by atoms with van der Waals surface area (Å²) >= 11 is 0. The van der Waals surface area contributed by atoms with Crippen molar-refractivity contribution in [2.24, 2.45) is 0 Å². The van der Waals surface area contributed by atoms with Crippen LogP contribution in [0.4, 0.5) is 0 Å². The molecule has 11 heteroatoms. The van der Waals surface area contributed by atoms with Gasteiger partial charge in [0, 0.05) is 12.8 Å². The van der Waals surface area contributed by atoms with Crippen LogP contribution in [0, 0.1) is 0 Å². The fourth-order valence-electron chi connectivity index (χ4n) is 5.12. The highest BCUT2D eigenvalue weighted by atomic mass is 31.2. The number of allylic oxidation sites excluding steroid dienone is 12. The number of carbonyl (C=O) groups excluding carboxylic acids is 2. The van der Waals surface area contributed by atoms with E-state index in [1.165, 1.54) is 25.7 Å². The topological polar surface area (TPSA) is 129 Å². The molecule has 0 aliphatic rings. The Morgan fingerprint density at radius 2 is 1.25 bits per heavy atom. The number of phosphoric acid groups is 1. The Morgan fingerprint density at radius 3 is 1.93 bits per heavy atom. The molecule has 0 bridgehead atoms. The number of ether oxygens (including phenoxy) is 2. The van der Waals surface area contributed by atoms with Crippen molar-refractivity contribution in [3.05, 3.63) is 85.1 Å². The first-order valence-electron chi connectivity index (χ1n) is 21.4. The van der Waals surface area contributed by atoms with Crippen LogP contribution in [0.2, 0.25) is 0 Å². The van der Waals surface area contributed by atoms with Gasteiger partial charge in [0.25, 0.3) is 0 Å². The molecule has 0 saturated carbocycles. The van der Waals surface area contributed by atoms with E-state index in [1.807, 2.05) is 63.7 Å². The lowest BCUT2D eigenvalue weighted by atomic mass is 10.1. The monoisotopic (exact) mass is 821 g/mol. The Kier molecular flexibility index (Phi) is 35.6. The van der Waals surface area contributed by atoms with Gasteiger partial charge in [-0.2, -0.15) is 0 Å². The van der Waals surface area contributed by atoms with E-state index in [4.69, 9.17) is 18.5 Å². The first-order chi connectivity index (χ1) is 27.4. The minimum atomic E-state index is -4.42. The second-order valence-electron chi connectivity index (χ2n) is 15.2. The van der Waals surface area contributed by atoms with Crippen LogP contribution < -0.4 is 0 Å². The predicted molar refractivity (Wildman–Crippen MR) is 235 cm³/mol. The van der Waals surface area contributed by atoms with Crippen molar-refractivity contribution < 1.29 is 47.2 Å². The smallest absolute Gasteiger partial charge is 0.462 e. The Labute approximate surface area is 346 Å². The highest BCUT2D eigenvalue weighted by Gasteiger charge is 2.27.